The highest BCUT2D eigenvalue weighted by atomic mass is 28.4. The van der Waals surface area contributed by atoms with Crippen LogP contribution >= 0.6 is 0 Å². The van der Waals surface area contributed by atoms with Gasteiger partial charge in [0.05, 0.1) is 0 Å². The van der Waals surface area contributed by atoms with E-state index in [2.05, 4.69) is 26.2 Å². The predicted octanol–water partition coefficient (Wildman–Crippen LogP) is 4.20. The molecular weight excluding hydrogens is 316 g/mol. The van der Waals surface area contributed by atoms with Gasteiger partial charge in [0.1, 0.15) is 0 Å². The molecule has 7 heteroatoms. The number of hydrogen-bond donors (Lipinski definition) is 0. The van der Waals surface area contributed by atoms with Crippen LogP contribution in [0.3, 0.4) is 0 Å². The van der Waals surface area contributed by atoms with E-state index in [-0.39, 0.29) is 0 Å². The second kappa shape index (κ2) is 9.59. The van der Waals surface area contributed by atoms with Crippen LogP contribution in [0.1, 0.15) is 12.8 Å². The standard InChI is InChI=1S/C14H36O4Si3/c1-15-20(7,16-2)13-9-11-19(5,6)12-10-14-21(8,17-3)18-4/h9-14H2,1-8H3. The molecule has 0 saturated carbocycles. The van der Waals surface area contributed by atoms with E-state index in [1.807, 2.05) is 0 Å². The molecule has 0 amide bonds. The molecule has 0 radical (unpaired) electrons. The number of rotatable bonds is 12. The molecule has 0 aliphatic heterocycles. The monoisotopic (exact) mass is 352 g/mol. The van der Waals surface area contributed by atoms with E-state index < -0.39 is 25.2 Å². The first-order valence-corrected chi connectivity index (χ1v) is 16.3. The summed E-state index contributed by atoms with van der Waals surface area (Å²) in [6, 6.07) is 4.89. The van der Waals surface area contributed by atoms with Crippen molar-refractivity contribution in [2.24, 2.45) is 0 Å². The molecule has 21 heavy (non-hydrogen) atoms. The molecule has 0 aliphatic rings. The van der Waals surface area contributed by atoms with Crippen molar-refractivity contribution in [2.75, 3.05) is 28.4 Å². The lowest BCUT2D eigenvalue weighted by Crippen LogP contribution is -2.37. The quantitative estimate of drug-likeness (QED) is 0.493. The molecule has 0 unspecified atom stereocenters. The third kappa shape index (κ3) is 8.63. The van der Waals surface area contributed by atoms with Crippen molar-refractivity contribution in [3.05, 3.63) is 0 Å². The second-order valence-electron chi connectivity index (χ2n) is 6.96. The molecule has 0 bridgehead atoms. The van der Waals surface area contributed by atoms with E-state index in [0.29, 0.717) is 0 Å². The lowest BCUT2D eigenvalue weighted by Gasteiger charge is -2.28. The van der Waals surface area contributed by atoms with Gasteiger partial charge >= 0.3 is 17.1 Å². The SMILES string of the molecule is CO[Si](C)(CCC[Si](C)(C)CCC[Si](C)(OC)OC)OC. The van der Waals surface area contributed by atoms with Crippen molar-refractivity contribution < 1.29 is 17.7 Å². The Balaban J connectivity index is 4.10. The first-order chi connectivity index (χ1) is 9.66. The maximum absolute atomic E-state index is 5.56. The van der Waals surface area contributed by atoms with E-state index in [4.69, 9.17) is 17.7 Å². The maximum atomic E-state index is 5.56. The van der Waals surface area contributed by atoms with Crippen LogP contribution in [0.2, 0.25) is 50.4 Å². The summed E-state index contributed by atoms with van der Waals surface area (Å²) in [5, 5.41) is 0. The molecule has 0 aromatic carbocycles. The van der Waals surface area contributed by atoms with E-state index >= 15 is 0 Å². The van der Waals surface area contributed by atoms with Gasteiger partial charge in [-0.1, -0.05) is 38.0 Å². The van der Waals surface area contributed by atoms with Crippen molar-refractivity contribution >= 4 is 25.2 Å². The van der Waals surface area contributed by atoms with Gasteiger partial charge in [-0.05, 0) is 25.2 Å². The average molecular weight is 353 g/mol. The molecule has 4 nitrogen and oxygen atoms in total. The van der Waals surface area contributed by atoms with Gasteiger partial charge in [-0.3, -0.25) is 0 Å². The van der Waals surface area contributed by atoms with Crippen LogP contribution in [-0.4, -0.2) is 53.6 Å². The summed E-state index contributed by atoms with van der Waals surface area (Å²) in [7, 11) is 2.21. The summed E-state index contributed by atoms with van der Waals surface area (Å²) in [4.78, 5) is 0. The van der Waals surface area contributed by atoms with Gasteiger partial charge in [0.25, 0.3) is 0 Å². The van der Waals surface area contributed by atoms with Gasteiger partial charge in [-0.25, -0.2) is 0 Å². The Labute approximate surface area is 135 Å². The average Bonchev–Trinajstić information content (AvgIpc) is 2.46. The van der Waals surface area contributed by atoms with E-state index in [0.717, 1.165) is 12.1 Å². The first-order valence-electron chi connectivity index (χ1n) is 7.86. The highest BCUT2D eigenvalue weighted by Crippen LogP contribution is 2.26. The van der Waals surface area contributed by atoms with Gasteiger partial charge in [0, 0.05) is 36.5 Å². The van der Waals surface area contributed by atoms with Crippen LogP contribution < -0.4 is 0 Å². The Morgan fingerprint density at radius 3 is 1.05 bits per heavy atom. The van der Waals surface area contributed by atoms with Gasteiger partial charge in [0.2, 0.25) is 0 Å². The maximum Gasteiger partial charge on any atom is 0.334 e. The first kappa shape index (κ1) is 21.5. The summed E-state index contributed by atoms with van der Waals surface area (Å²) < 4.78 is 22.2. The molecule has 0 saturated heterocycles. The summed E-state index contributed by atoms with van der Waals surface area (Å²) in [5.41, 5.74) is 0. The summed E-state index contributed by atoms with van der Waals surface area (Å²) in [6.45, 7) is 9.28. The van der Waals surface area contributed by atoms with Crippen LogP contribution in [0, 0.1) is 0 Å². The Bertz CT molecular complexity index is 253. The zero-order valence-electron chi connectivity index (χ0n) is 15.4. The van der Waals surface area contributed by atoms with Crippen molar-refractivity contribution in [3.63, 3.8) is 0 Å². The summed E-state index contributed by atoms with van der Waals surface area (Å²) >= 11 is 0. The minimum absolute atomic E-state index is 1.10. The minimum Gasteiger partial charge on any atom is -0.398 e. The molecule has 0 heterocycles. The lowest BCUT2D eigenvalue weighted by molar-refractivity contribution is 0.249. The molecule has 128 valence electrons. The third-order valence-corrected chi connectivity index (χ3v) is 14.1. The smallest absolute Gasteiger partial charge is 0.334 e. The molecule has 0 spiro atoms. The van der Waals surface area contributed by atoms with Gasteiger partial charge in [-0.2, -0.15) is 0 Å². The zero-order chi connectivity index (χ0) is 16.6. The highest BCUT2D eigenvalue weighted by Gasteiger charge is 2.32. The van der Waals surface area contributed by atoms with Crippen LogP contribution in [0.15, 0.2) is 0 Å². The Morgan fingerprint density at radius 1 is 0.524 bits per heavy atom. The molecule has 0 atom stereocenters. The van der Waals surface area contributed by atoms with Crippen LogP contribution in [-0.2, 0) is 17.7 Å². The topological polar surface area (TPSA) is 36.9 Å². The molecule has 0 aromatic heterocycles. The highest BCUT2D eigenvalue weighted by molar-refractivity contribution is 6.77. The van der Waals surface area contributed by atoms with Gasteiger partial charge in [-0.15, -0.1) is 0 Å². The fraction of sp³-hybridized carbons (Fsp3) is 1.00. The Kier molecular flexibility index (Phi) is 9.81. The van der Waals surface area contributed by atoms with Crippen molar-refractivity contribution in [1.82, 2.24) is 0 Å². The van der Waals surface area contributed by atoms with Crippen LogP contribution in [0.4, 0.5) is 0 Å². The predicted molar refractivity (Wildman–Crippen MR) is 97.2 cm³/mol. The summed E-state index contributed by atoms with van der Waals surface area (Å²) in [5.74, 6) is 0. The molecule has 0 aromatic rings. The minimum atomic E-state index is -1.88. The van der Waals surface area contributed by atoms with E-state index in [9.17, 15) is 0 Å². The van der Waals surface area contributed by atoms with Gasteiger partial charge in [0.15, 0.2) is 0 Å². The summed E-state index contributed by atoms with van der Waals surface area (Å²) in [6.07, 6.45) is 2.46. The third-order valence-electron chi connectivity index (χ3n) is 4.70. The van der Waals surface area contributed by atoms with Crippen molar-refractivity contribution in [2.45, 2.75) is 63.2 Å². The van der Waals surface area contributed by atoms with E-state index in [1.165, 1.54) is 24.9 Å². The molecular formula is C14H36O4Si3. The van der Waals surface area contributed by atoms with Crippen LogP contribution in [0.5, 0.6) is 0 Å². The van der Waals surface area contributed by atoms with Gasteiger partial charge < -0.3 is 17.7 Å². The number of hydrogen-bond acceptors (Lipinski definition) is 4. The zero-order valence-corrected chi connectivity index (χ0v) is 18.4. The Hall–Kier alpha value is 0.491. The van der Waals surface area contributed by atoms with E-state index in [1.54, 1.807) is 28.4 Å². The van der Waals surface area contributed by atoms with Crippen molar-refractivity contribution in [3.8, 4) is 0 Å². The normalized spacial score (nSPS) is 13.7. The molecule has 0 N–H and O–H groups in total. The van der Waals surface area contributed by atoms with Crippen molar-refractivity contribution in [1.29, 1.82) is 0 Å². The molecule has 0 aliphatic carbocycles. The lowest BCUT2D eigenvalue weighted by atomic mass is 10.6. The largest absolute Gasteiger partial charge is 0.398 e. The molecule has 0 fully saturated rings. The Morgan fingerprint density at radius 2 is 0.810 bits per heavy atom. The molecule has 0 rings (SSSR count). The fourth-order valence-corrected chi connectivity index (χ4v) is 8.49. The van der Waals surface area contributed by atoms with Crippen LogP contribution in [0.25, 0.3) is 0 Å². The fourth-order valence-electron chi connectivity index (χ4n) is 2.48. The second-order valence-corrected chi connectivity index (χ2v) is 19.5.